The van der Waals surface area contributed by atoms with Crippen molar-refractivity contribution in [1.82, 2.24) is 21.1 Å². The van der Waals surface area contributed by atoms with Gasteiger partial charge in [0.15, 0.2) is 0 Å². The second-order valence-electron chi connectivity index (χ2n) is 6.19. The predicted molar refractivity (Wildman–Crippen MR) is 89.4 cm³/mol. The van der Waals surface area contributed by atoms with Crippen molar-refractivity contribution in [3.05, 3.63) is 0 Å². The molecule has 0 bridgehead atoms. The number of carbonyl (C=O) groups is 1. The summed E-state index contributed by atoms with van der Waals surface area (Å²) in [4.78, 5) is 12.1. The number of hydrogen-bond acceptors (Lipinski definition) is 5. The fourth-order valence-electron chi connectivity index (χ4n) is 2.80. The van der Waals surface area contributed by atoms with Crippen LogP contribution in [0.15, 0.2) is 0 Å². The lowest BCUT2D eigenvalue weighted by Crippen LogP contribution is -2.48. The first-order valence-electron chi connectivity index (χ1n) is 8.74. The van der Waals surface area contributed by atoms with Gasteiger partial charge in [0.2, 0.25) is 5.91 Å². The summed E-state index contributed by atoms with van der Waals surface area (Å²) in [7, 11) is 1.97. The third kappa shape index (κ3) is 6.60. The Kier molecular flexibility index (Phi) is 9.63. The number of unbranched alkanes of at least 4 members (excludes halogenated alkanes) is 1. The molecule has 2 fully saturated rings. The van der Waals surface area contributed by atoms with Crippen LogP contribution in [-0.2, 0) is 4.79 Å². The molecular weight excluding hydrogens is 280 g/mol. The molecular formula is C16H34N4O2. The number of aliphatic hydroxyl groups is 1. The lowest BCUT2D eigenvalue weighted by atomic mass is 10.2. The lowest BCUT2D eigenvalue weighted by molar-refractivity contribution is -0.124. The van der Waals surface area contributed by atoms with E-state index >= 15 is 0 Å². The topological polar surface area (TPSA) is 76.6 Å². The Morgan fingerprint density at radius 3 is 2.45 bits per heavy atom. The lowest BCUT2D eigenvalue weighted by Gasteiger charge is -2.19. The molecule has 1 aliphatic carbocycles. The summed E-state index contributed by atoms with van der Waals surface area (Å²) in [6.45, 7) is 5.88. The zero-order valence-corrected chi connectivity index (χ0v) is 14.4. The third-order valence-corrected chi connectivity index (χ3v) is 4.40. The Morgan fingerprint density at radius 1 is 1.23 bits per heavy atom. The number of β-amino-alcohol motifs (C(OH)–C–C–N with tert-alkyl or cyclic N) is 1. The maximum absolute atomic E-state index is 12.1. The normalized spacial score (nSPS) is 28.3. The van der Waals surface area contributed by atoms with Crippen LogP contribution < -0.4 is 16.1 Å². The molecule has 0 aromatic rings. The van der Waals surface area contributed by atoms with E-state index in [0.717, 1.165) is 32.2 Å². The first-order chi connectivity index (χ1) is 10.6. The summed E-state index contributed by atoms with van der Waals surface area (Å²) < 4.78 is 0. The number of rotatable bonds is 6. The molecule has 0 radical (unpaired) electrons. The highest BCUT2D eigenvalue weighted by Gasteiger charge is 2.30. The Balaban J connectivity index is 0.000000541. The molecule has 6 heteroatoms. The number of amides is 1. The highest BCUT2D eigenvalue weighted by atomic mass is 16.3. The van der Waals surface area contributed by atoms with Crippen molar-refractivity contribution in [1.29, 1.82) is 0 Å². The van der Waals surface area contributed by atoms with E-state index in [-0.39, 0.29) is 18.6 Å². The monoisotopic (exact) mass is 314 g/mol. The van der Waals surface area contributed by atoms with Gasteiger partial charge < -0.3 is 15.7 Å². The van der Waals surface area contributed by atoms with Gasteiger partial charge in [0.25, 0.3) is 0 Å². The molecule has 1 amide bonds. The zero-order valence-electron chi connectivity index (χ0n) is 14.4. The molecule has 3 unspecified atom stereocenters. The van der Waals surface area contributed by atoms with Crippen molar-refractivity contribution >= 4 is 5.91 Å². The molecule has 130 valence electrons. The molecule has 1 heterocycles. The predicted octanol–water partition coefficient (Wildman–Crippen LogP) is 0.621. The van der Waals surface area contributed by atoms with E-state index in [1.807, 2.05) is 12.1 Å². The standard InChI is InChI=1S/C12H24N4O2.C4H10/c1-13-9-2-3-10(8-9)14-12(18)11-4-5-16(15-11)6-7-17;1-3-4-2/h9-11,13,15,17H,2-8H2,1H3,(H,14,18);3-4H2,1-2H3. The molecule has 0 aromatic heterocycles. The summed E-state index contributed by atoms with van der Waals surface area (Å²) >= 11 is 0. The Hall–Kier alpha value is -0.690. The Morgan fingerprint density at radius 2 is 1.91 bits per heavy atom. The SMILES string of the molecule is CCCC.CNC1CCC(NC(=O)C2CCN(CCO)N2)C1. The summed E-state index contributed by atoms with van der Waals surface area (Å²) in [6.07, 6.45) is 6.67. The van der Waals surface area contributed by atoms with Crippen molar-refractivity contribution < 1.29 is 9.90 Å². The van der Waals surface area contributed by atoms with E-state index in [1.165, 1.54) is 12.8 Å². The van der Waals surface area contributed by atoms with Crippen LogP contribution in [0.4, 0.5) is 0 Å². The first kappa shape index (κ1) is 19.4. The van der Waals surface area contributed by atoms with Gasteiger partial charge in [0.1, 0.15) is 6.04 Å². The quantitative estimate of drug-likeness (QED) is 0.578. The van der Waals surface area contributed by atoms with Gasteiger partial charge in [0, 0.05) is 25.2 Å². The van der Waals surface area contributed by atoms with Gasteiger partial charge >= 0.3 is 0 Å². The van der Waals surface area contributed by atoms with Gasteiger partial charge in [-0.05, 0) is 32.7 Å². The molecule has 1 saturated carbocycles. The molecule has 6 nitrogen and oxygen atoms in total. The van der Waals surface area contributed by atoms with Crippen LogP contribution in [0, 0.1) is 0 Å². The molecule has 0 aromatic carbocycles. The maximum Gasteiger partial charge on any atom is 0.238 e. The van der Waals surface area contributed by atoms with E-state index in [4.69, 9.17) is 5.11 Å². The minimum atomic E-state index is -0.134. The van der Waals surface area contributed by atoms with E-state index in [0.29, 0.717) is 18.6 Å². The average Bonchev–Trinajstić information content (AvgIpc) is 3.17. The van der Waals surface area contributed by atoms with Crippen molar-refractivity contribution in [2.24, 2.45) is 0 Å². The molecule has 1 saturated heterocycles. The van der Waals surface area contributed by atoms with E-state index in [2.05, 4.69) is 29.9 Å². The number of carbonyl (C=O) groups excluding carboxylic acids is 1. The number of nitrogens with zero attached hydrogens (tertiary/aromatic N) is 1. The van der Waals surface area contributed by atoms with Gasteiger partial charge in [-0.15, -0.1) is 0 Å². The maximum atomic E-state index is 12.1. The van der Waals surface area contributed by atoms with Crippen LogP contribution in [0.2, 0.25) is 0 Å². The fraction of sp³-hybridized carbons (Fsp3) is 0.938. The van der Waals surface area contributed by atoms with Gasteiger partial charge in [-0.2, -0.15) is 0 Å². The van der Waals surface area contributed by atoms with Gasteiger partial charge in [-0.1, -0.05) is 26.7 Å². The van der Waals surface area contributed by atoms with Crippen LogP contribution >= 0.6 is 0 Å². The molecule has 2 rings (SSSR count). The summed E-state index contributed by atoms with van der Waals surface area (Å²) in [5.41, 5.74) is 3.14. The van der Waals surface area contributed by atoms with Gasteiger partial charge in [-0.3, -0.25) is 4.79 Å². The minimum absolute atomic E-state index is 0.0946. The van der Waals surface area contributed by atoms with E-state index in [9.17, 15) is 4.79 Å². The number of hydrogen-bond donors (Lipinski definition) is 4. The van der Waals surface area contributed by atoms with Crippen molar-refractivity contribution in [3.8, 4) is 0 Å². The summed E-state index contributed by atoms with van der Waals surface area (Å²) in [5.74, 6) is 0.0946. The molecule has 1 aliphatic heterocycles. The minimum Gasteiger partial charge on any atom is -0.395 e. The molecule has 4 N–H and O–H groups in total. The third-order valence-electron chi connectivity index (χ3n) is 4.40. The van der Waals surface area contributed by atoms with E-state index < -0.39 is 0 Å². The van der Waals surface area contributed by atoms with E-state index in [1.54, 1.807) is 0 Å². The zero-order chi connectivity index (χ0) is 16.4. The van der Waals surface area contributed by atoms with Gasteiger partial charge in [-0.25, -0.2) is 10.4 Å². The van der Waals surface area contributed by atoms with Crippen LogP contribution in [0.1, 0.15) is 52.4 Å². The Labute approximate surface area is 135 Å². The number of nitrogens with one attached hydrogen (secondary N) is 3. The van der Waals surface area contributed by atoms with Crippen molar-refractivity contribution in [2.45, 2.75) is 70.5 Å². The largest absolute Gasteiger partial charge is 0.395 e. The average molecular weight is 314 g/mol. The molecule has 2 aliphatic rings. The first-order valence-corrected chi connectivity index (χ1v) is 8.74. The van der Waals surface area contributed by atoms with Crippen LogP contribution in [0.3, 0.4) is 0 Å². The van der Waals surface area contributed by atoms with Crippen LogP contribution in [0.5, 0.6) is 0 Å². The molecule has 3 atom stereocenters. The fourth-order valence-corrected chi connectivity index (χ4v) is 2.80. The smallest absolute Gasteiger partial charge is 0.238 e. The highest BCUT2D eigenvalue weighted by molar-refractivity contribution is 5.82. The number of hydrazine groups is 1. The molecule has 0 spiro atoms. The number of aliphatic hydroxyl groups excluding tert-OH is 1. The Bertz CT molecular complexity index is 313. The van der Waals surface area contributed by atoms with Crippen LogP contribution in [-0.4, -0.2) is 60.9 Å². The summed E-state index contributed by atoms with van der Waals surface area (Å²) in [5, 5.41) is 17.1. The van der Waals surface area contributed by atoms with Gasteiger partial charge in [0.05, 0.1) is 6.61 Å². The van der Waals surface area contributed by atoms with Crippen molar-refractivity contribution in [2.75, 3.05) is 26.7 Å². The second-order valence-corrected chi connectivity index (χ2v) is 6.19. The van der Waals surface area contributed by atoms with Crippen LogP contribution in [0.25, 0.3) is 0 Å². The summed E-state index contributed by atoms with van der Waals surface area (Å²) in [6, 6.07) is 0.714. The second kappa shape index (κ2) is 10.9. The highest BCUT2D eigenvalue weighted by Crippen LogP contribution is 2.19. The molecule has 22 heavy (non-hydrogen) atoms. The van der Waals surface area contributed by atoms with Crippen molar-refractivity contribution in [3.63, 3.8) is 0 Å².